The quantitative estimate of drug-likeness (QED) is 0.234. The average Bonchev–Trinajstić information content (AvgIpc) is 3.59. The van der Waals surface area contributed by atoms with Gasteiger partial charge in [0.15, 0.2) is 5.82 Å². The summed E-state index contributed by atoms with van der Waals surface area (Å²) in [4.78, 5) is 41.2. The number of aromatic nitrogens is 4. The van der Waals surface area contributed by atoms with Crippen molar-refractivity contribution in [2.75, 3.05) is 18.5 Å². The topological polar surface area (TPSA) is 154 Å². The fourth-order valence-electron chi connectivity index (χ4n) is 3.77. The summed E-state index contributed by atoms with van der Waals surface area (Å²) in [6.07, 6.45) is -0.528. The Morgan fingerprint density at radius 1 is 1.21 bits per heavy atom. The fourth-order valence-corrected chi connectivity index (χ4v) is 4.41. The molecule has 0 unspecified atom stereocenters. The highest BCUT2D eigenvalue weighted by Crippen LogP contribution is 2.36. The molecule has 0 bridgehead atoms. The van der Waals surface area contributed by atoms with E-state index in [1.54, 1.807) is 35.7 Å². The number of halogens is 1. The number of ether oxygens (including phenoxy) is 3. The van der Waals surface area contributed by atoms with Crippen LogP contribution in [0.4, 0.5) is 15.1 Å². The molecule has 38 heavy (non-hydrogen) atoms. The lowest BCUT2D eigenvalue weighted by Gasteiger charge is -2.34. The maximum atomic E-state index is 13.6. The minimum atomic E-state index is -1.23. The van der Waals surface area contributed by atoms with Gasteiger partial charge in [0.25, 0.3) is 0 Å². The van der Waals surface area contributed by atoms with Crippen LogP contribution < -0.4 is 11.1 Å². The number of nitrogens with one attached hydrogen (secondary N) is 2. The summed E-state index contributed by atoms with van der Waals surface area (Å²) in [6.45, 7) is 1.91. The fraction of sp³-hybridized carbons (Fsp3) is 0.240. The molecule has 0 atom stereocenters. The van der Waals surface area contributed by atoms with Crippen molar-refractivity contribution >= 4 is 29.3 Å². The first-order chi connectivity index (χ1) is 18.3. The normalized spacial score (nSPS) is 19.2. The number of imidazole rings is 1. The summed E-state index contributed by atoms with van der Waals surface area (Å²) >= 11 is 1.62. The number of anilines is 1. The second-order valence-electron chi connectivity index (χ2n) is 8.77. The molecule has 1 saturated heterocycles. The summed E-state index contributed by atoms with van der Waals surface area (Å²) in [6, 6.07) is 11.6. The van der Waals surface area contributed by atoms with E-state index >= 15 is 0 Å². The standard InChI is InChI=1S/C25H23FN6O5S/c1-25(22(33)37-23(27)34)12-35-21(36-13-25)20-31-18(14-4-6-15(26)7-5-14)19(32-20)17-8-9-28-24(30-17)29-11-16-3-2-10-38-16/h2-10,21H,11-13H2,1H3,(H2,27,34)(H,31,32)(H,28,29,30). The van der Waals surface area contributed by atoms with Crippen molar-refractivity contribution in [1.29, 1.82) is 0 Å². The van der Waals surface area contributed by atoms with Gasteiger partial charge in [0.2, 0.25) is 12.2 Å². The molecule has 13 heteroatoms. The molecule has 11 nitrogen and oxygen atoms in total. The molecule has 0 radical (unpaired) electrons. The van der Waals surface area contributed by atoms with E-state index in [9.17, 15) is 14.0 Å². The Balaban J connectivity index is 1.42. The molecule has 1 aliphatic rings. The highest BCUT2D eigenvalue weighted by Gasteiger charge is 2.43. The molecule has 1 amide bonds. The largest absolute Gasteiger partial charge is 0.412 e. The van der Waals surface area contributed by atoms with Crippen molar-refractivity contribution in [3.05, 3.63) is 70.6 Å². The molecule has 1 aromatic carbocycles. The van der Waals surface area contributed by atoms with Gasteiger partial charge in [-0.25, -0.2) is 24.1 Å². The van der Waals surface area contributed by atoms with Crippen LogP contribution >= 0.6 is 11.3 Å². The van der Waals surface area contributed by atoms with E-state index in [0.29, 0.717) is 41.0 Å². The average molecular weight is 539 g/mol. The highest BCUT2D eigenvalue weighted by molar-refractivity contribution is 7.09. The Labute approximate surface area is 220 Å². The number of nitrogens with zero attached hydrogens (tertiary/aromatic N) is 3. The predicted molar refractivity (Wildman–Crippen MR) is 135 cm³/mol. The molecular formula is C25H23FN6O5S. The van der Waals surface area contributed by atoms with Crippen molar-refractivity contribution in [3.63, 3.8) is 0 Å². The van der Waals surface area contributed by atoms with Crippen molar-refractivity contribution in [2.45, 2.75) is 19.8 Å². The van der Waals surface area contributed by atoms with Crippen LogP contribution in [0.3, 0.4) is 0 Å². The van der Waals surface area contributed by atoms with Gasteiger partial charge in [0.1, 0.15) is 11.2 Å². The number of hydrogen-bond acceptors (Lipinski definition) is 10. The summed E-state index contributed by atoms with van der Waals surface area (Å²) in [5.74, 6) is -0.490. The number of thiophene rings is 1. The van der Waals surface area contributed by atoms with Gasteiger partial charge in [0.05, 0.1) is 36.8 Å². The summed E-state index contributed by atoms with van der Waals surface area (Å²) in [5, 5.41) is 5.20. The molecule has 3 aromatic heterocycles. The van der Waals surface area contributed by atoms with E-state index in [2.05, 4.69) is 30.0 Å². The lowest BCUT2D eigenvalue weighted by Crippen LogP contribution is -2.45. The van der Waals surface area contributed by atoms with Gasteiger partial charge >= 0.3 is 12.1 Å². The van der Waals surface area contributed by atoms with E-state index in [-0.39, 0.29) is 19.0 Å². The number of nitrogens with two attached hydrogens (primary N) is 1. The Kier molecular flexibility index (Phi) is 7.13. The zero-order valence-electron chi connectivity index (χ0n) is 20.1. The number of carbonyl (C=O) groups excluding carboxylic acids is 2. The number of primary amides is 1. The number of aromatic amines is 1. The van der Waals surface area contributed by atoms with E-state index in [4.69, 9.17) is 15.2 Å². The Bertz CT molecular complexity index is 1430. The van der Waals surface area contributed by atoms with Crippen LogP contribution in [0.2, 0.25) is 0 Å². The number of amides is 1. The zero-order chi connectivity index (χ0) is 26.7. The SMILES string of the molecule is CC1(C(=O)OC(N)=O)COC(c2nc(-c3ccc(F)cc3)c(-c3ccnc(NCc4cccs4)n3)[nH]2)OC1. The molecule has 0 spiro atoms. The van der Waals surface area contributed by atoms with Gasteiger partial charge in [-0.05, 0) is 48.7 Å². The second-order valence-corrected chi connectivity index (χ2v) is 9.81. The maximum Gasteiger partial charge on any atom is 0.412 e. The second kappa shape index (κ2) is 10.7. The van der Waals surface area contributed by atoms with Crippen molar-refractivity contribution in [3.8, 4) is 22.6 Å². The third kappa shape index (κ3) is 5.54. The number of hydrogen-bond donors (Lipinski definition) is 3. The Hall–Kier alpha value is -4.20. The van der Waals surface area contributed by atoms with Crippen molar-refractivity contribution < 1.29 is 28.2 Å². The monoisotopic (exact) mass is 538 g/mol. The molecule has 5 rings (SSSR count). The van der Waals surface area contributed by atoms with E-state index in [0.717, 1.165) is 4.88 Å². The molecule has 196 valence electrons. The maximum absolute atomic E-state index is 13.6. The molecule has 0 aliphatic carbocycles. The minimum Gasteiger partial charge on any atom is -0.376 e. The Morgan fingerprint density at radius 2 is 1.97 bits per heavy atom. The van der Waals surface area contributed by atoms with Gasteiger partial charge < -0.3 is 30.2 Å². The van der Waals surface area contributed by atoms with Crippen molar-refractivity contribution in [2.24, 2.45) is 11.1 Å². The smallest absolute Gasteiger partial charge is 0.376 e. The van der Waals surface area contributed by atoms with Crippen LogP contribution in [0, 0.1) is 11.2 Å². The third-order valence-corrected chi connectivity index (χ3v) is 6.64. The molecule has 4 heterocycles. The predicted octanol–water partition coefficient (Wildman–Crippen LogP) is 4.02. The first kappa shape index (κ1) is 25.4. The van der Waals surface area contributed by atoms with Crippen molar-refractivity contribution in [1.82, 2.24) is 19.9 Å². The molecule has 4 aromatic rings. The van der Waals surface area contributed by atoms with Crippen LogP contribution in [-0.4, -0.2) is 45.2 Å². The minimum absolute atomic E-state index is 0.101. The summed E-state index contributed by atoms with van der Waals surface area (Å²) < 4.78 is 29.7. The number of H-pyrrole nitrogens is 1. The van der Waals surface area contributed by atoms with Gasteiger partial charge in [0, 0.05) is 16.6 Å². The van der Waals surface area contributed by atoms with Crippen LogP contribution in [0.5, 0.6) is 0 Å². The number of benzene rings is 1. The third-order valence-electron chi connectivity index (χ3n) is 5.77. The highest BCUT2D eigenvalue weighted by atomic mass is 32.1. The van der Waals surface area contributed by atoms with Crippen LogP contribution in [0.25, 0.3) is 22.6 Å². The van der Waals surface area contributed by atoms with E-state index in [1.165, 1.54) is 19.1 Å². The first-order valence-electron chi connectivity index (χ1n) is 11.5. The summed E-state index contributed by atoms with van der Waals surface area (Å²) in [5.41, 5.74) is 5.95. The van der Waals surface area contributed by atoms with Crippen LogP contribution in [0.15, 0.2) is 54.0 Å². The number of rotatable bonds is 7. The lowest BCUT2D eigenvalue weighted by atomic mass is 9.92. The van der Waals surface area contributed by atoms with Gasteiger partial charge in [-0.2, -0.15) is 0 Å². The lowest BCUT2D eigenvalue weighted by molar-refractivity contribution is -0.236. The van der Waals surface area contributed by atoms with Gasteiger partial charge in [-0.3, -0.25) is 4.79 Å². The molecular weight excluding hydrogens is 515 g/mol. The first-order valence-corrected chi connectivity index (χ1v) is 12.4. The number of esters is 1. The Morgan fingerprint density at radius 3 is 2.66 bits per heavy atom. The van der Waals surface area contributed by atoms with Gasteiger partial charge in [-0.15, -0.1) is 11.3 Å². The zero-order valence-corrected chi connectivity index (χ0v) is 21.0. The summed E-state index contributed by atoms with van der Waals surface area (Å²) in [7, 11) is 0. The van der Waals surface area contributed by atoms with E-state index < -0.39 is 23.8 Å². The molecule has 1 fully saturated rings. The molecule has 0 saturated carbocycles. The van der Waals surface area contributed by atoms with Crippen LogP contribution in [-0.2, 0) is 25.5 Å². The number of carbonyl (C=O) groups is 2. The van der Waals surface area contributed by atoms with Gasteiger partial charge in [-0.1, -0.05) is 6.07 Å². The molecule has 4 N–H and O–H groups in total. The molecule has 1 aliphatic heterocycles. The van der Waals surface area contributed by atoms with Crippen LogP contribution in [0.1, 0.15) is 23.9 Å². The van der Waals surface area contributed by atoms with E-state index in [1.807, 2.05) is 17.5 Å².